The molecule has 1 aromatic rings. The number of hydrogen-bond donors (Lipinski definition) is 2. The van der Waals surface area contributed by atoms with Crippen molar-refractivity contribution in [3.05, 3.63) is 17.0 Å². The predicted molar refractivity (Wildman–Crippen MR) is 63.9 cm³/mol. The summed E-state index contributed by atoms with van der Waals surface area (Å²) in [6.07, 6.45) is 0. The van der Waals surface area contributed by atoms with Crippen molar-refractivity contribution in [2.75, 3.05) is 12.4 Å². The van der Waals surface area contributed by atoms with E-state index >= 15 is 0 Å². The highest BCUT2D eigenvalue weighted by Crippen LogP contribution is 2.19. The topological polar surface area (TPSA) is 102 Å². The minimum absolute atomic E-state index is 0.170. The van der Waals surface area contributed by atoms with Gasteiger partial charge in [0.15, 0.2) is 6.61 Å². The van der Waals surface area contributed by atoms with E-state index in [1.807, 2.05) is 19.3 Å². The molecule has 0 unspecified atom stereocenters. The van der Waals surface area contributed by atoms with Gasteiger partial charge in [0.05, 0.1) is 11.4 Å². The van der Waals surface area contributed by atoms with Crippen molar-refractivity contribution in [2.24, 2.45) is 0 Å². The van der Waals surface area contributed by atoms with Crippen LogP contribution in [0.1, 0.15) is 17.0 Å². The molecule has 1 heterocycles. The Balaban J connectivity index is 2.21. The van der Waals surface area contributed by atoms with Crippen molar-refractivity contribution in [1.29, 1.82) is 0 Å². The van der Waals surface area contributed by atoms with Crippen molar-refractivity contribution in [1.82, 2.24) is 10.6 Å². The Morgan fingerprint density at radius 1 is 1.50 bits per heavy atom. The quantitative estimate of drug-likeness (QED) is 0.704. The highest BCUT2D eigenvalue weighted by molar-refractivity contribution is 7.99. The summed E-state index contributed by atoms with van der Waals surface area (Å²) < 4.78 is 4.99. The van der Waals surface area contributed by atoms with Gasteiger partial charge in [-0.3, -0.25) is 9.63 Å². The number of aliphatic carboxylic acids is 1. The lowest BCUT2D eigenvalue weighted by molar-refractivity contribution is -0.148. The number of carboxylic acid groups (broad SMARTS) is 1. The smallest absolute Gasteiger partial charge is 0.332 e. The van der Waals surface area contributed by atoms with Crippen molar-refractivity contribution < 1.29 is 24.1 Å². The Morgan fingerprint density at radius 2 is 2.22 bits per heavy atom. The number of aromatic nitrogens is 1. The van der Waals surface area contributed by atoms with Crippen LogP contribution in [0.25, 0.3) is 0 Å². The van der Waals surface area contributed by atoms with Crippen LogP contribution in [-0.4, -0.2) is 34.5 Å². The Bertz CT molecular complexity index is 412. The van der Waals surface area contributed by atoms with E-state index in [9.17, 15) is 9.59 Å². The van der Waals surface area contributed by atoms with Gasteiger partial charge in [0.25, 0.3) is 5.91 Å². The van der Waals surface area contributed by atoms with Crippen LogP contribution in [0, 0.1) is 13.8 Å². The molecule has 0 aliphatic carbocycles. The molecule has 18 heavy (non-hydrogen) atoms. The van der Waals surface area contributed by atoms with Crippen LogP contribution in [-0.2, 0) is 20.2 Å². The van der Waals surface area contributed by atoms with Gasteiger partial charge in [0, 0.05) is 11.3 Å². The summed E-state index contributed by atoms with van der Waals surface area (Å²) in [5.74, 6) is -0.00813. The molecule has 100 valence electrons. The zero-order chi connectivity index (χ0) is 13.5. The third-order valence-corrected chi connectivity index (χ3v) is 3.00. The number of nitrogens with one attached hydrogen (secondary N) is 1. The zero-order valence-corrected chi connectivity index (χ0v) is 10.9. The summed E-state index contributed by atoms with van der Waals surface area (Å²) >= 11 is 1.37. The summed E-state index contributed by atoms with van der Waals surface area (Å²) in [4.78, 5) is 25.8. The van der Waals surface area contributed by atoms with Crippen LogP contribution in [0.3, 0.4) is 0 Å². The lowest BCUT2D eigenvalue weighted by Gasteiger charge is -2.03. The first-order valence-electron chi connectivity index (χ1n) is 5.12. The third kappa shape index (κ3) is 4.76. The molecule has 2 N–H and O–H groups in total. The fourth-order valence-electron chi connectivity index (χ4n) is 1.16. The SMILES string of the molecule is Cc1noc(C)c1CSCC(=O)NOCC(=O)O. The van der Waals surface area contributed by atoms with Gasteiger partial charge < -0.3 is 9.63 Å². The first kappa shape index (κ1) is 14.5. The molecule has 0 radical (unpaired) electrons. The second-order valence-corrected chi connectivity index (χ2v) is 4.49. The second-order valence-electron chi connectivity index (χ2n) is 3.50. The molecule has 0 spiro atoms. The number of carboxylic acids is 1. The molecule has 0 aliphatic heterocycles. The number of nitrogens with zero attached hydrogens (tertiary/aromatic N) is 1. The maximum Gasteiger partial charge on any atom is 0.332 e. The van der Waals surface area contributed by atoms with Gasteiger partial charge in [-0.05, 0) is 13.8 Å². The van der Waals surface area contributed by atoms with Gasteiger partial charge in [-0.15, -0.1) is 11.8 Å². The molecule has 1 amide bonds. The number of aryl methyl sites for hydroxylation is 2. The van der Waals surface area contributed by atoms with Crippen molar-refractivity contribution in [2.45, 2.75) is 19.6 Å². The Hall–Kier alpha value is -1.54. The number of hydroxylamine groups is 1. The van der Waals surface area contributed by atoms with Crippen molar-refractivity contribution in [3.8, 4) is 0 Å². The van der Waals surface area contributed by atoms with Gasteiger partial charge in [0.1, 0.15) is 5.76 Å². The molecule has 0 saturated carbocycles. The Morgan fingerprint density at radius 3 is 2.78 bits per heavy atom. The number of amides is 1. The van der Waals surface area contributed by atoms with Gasteiger partial charge >= 0.3 is 5.97 Å². The van der Waals surface area contributed by atoms with Crippen molar-refractivity contribution >= 4 is 23.6 Å². The molecule has 1 aromatic heterocycles. The van der Waals surface area contributed by atoms with E-state index in [0.29, 0.717) is 5.75 Å². The summed E-state index contributed by atoms with van der Waals surface area (Å²) in [7, 11) is 0. The van der Waals surface area contributed by atoms with E-state index in [-0.39, 0.29) is 11.7 Å². The Kier molecular flexibility index (Phi) is 5.66. The maximum atomic E-state index is 11.2. The largest absolute Gasteiger partial charge is 0.479 e. The number of rotatable bonds is 7. The Labute approximate surface area is 108 Å². The number of hydrogen-bond acceptors (Lipinski definition) is 6. The molecule has 7 nitrogen and oxygen atoms in total. The normalized spacial score (nSPS) is 10.3. The molecule has 0 atom stereocenters. The third-order valence-electron chi connectivity index (χ3n) is 2.04. The van der Waals surface area contributed by atoms with Crippen LogP contribution < -0.4 is 5.48 Å². The van der Waals surface area contributed by atoms with Crippen LogP contribution in [0.5, 0.6) is 0 Å². The standard InChI is InChI=1S/C10H14N2O5S/c1-6-8(7(2)17-11-6)4-18-5-9(13)12-16-3-10(14)15/h3-5H2,1-2H3,(H,12,13)(H,14,15). The minimum Gasteiger partial charge on any atom is -0.479 e. The first-order valence-corrected chi connectivity index (χ1v) is 6.28. The van der Waals surface area contributed by atoms with E-state index < -0.39 is 12.6 Å². The number of carbonyl (C=O) groups excluding carboxylic acids is 1. The summed E-state index contributed by atoms with van der Waals surface area (Å²) in [5.41, 5.74) is 3.82. The molecule has 0 fully saturated rings. The molecule has 0 bridgehead atoms. The number of thioether (sulfide) groups is 1. The summed E-state index contributed by atoms with van der Waals surface area (Å²) in [6.45, 7) is 3.09. The van der Waals surface area contributed by atoms with E-state index in [1.165, 1.54) is 11.8 Å². The molecule has 0 saturated heterocycles. The molecular formula is C10H14N2O5S. The zero-order valence-electron chi connectivity index (χ0n) is 10.1. The van der Waals surface area contributed by atoms with E-state index in [0.717, 1.165) is 17.0 Å². The monoisotopic (exact) mass is 274 g/mol. The molecule has 0 aliphatic rings. The summed E-state index contributed by atoms with van der Waals surface area (Å²) in [5, 5.41) is 12.1. The lowest BCUT2D eigenvalue weighted by atomic mass is 10.2. The van der Waals surface area contributed by atoms with E-state index in [2.05, 4.69) is 9.99 Å². The molecule has 1 rings (SSSR count). The minimum atomic E-state index is -1.14. The fraction of sp³-hybridized carbons (Fsp3) is 0.500. The molecule has 8 heteroatoms. The second kappa shape index (κ2) is 7.02. The van der Waals surface area contributed by atoms with Crippen LogP contribution in [0.15, 0.2) is 4.52 Å². The van der Waals surface area contributed by atoms with E-state index in [4.69, 9.17) is 9.63 Å². The van der Waals surface area contributed by atoms with Gasteiger partial charge in [-0.25, -0.2) is 10.3 Å². The van der Waals surface area contributed by atoms with Crippen molar-refractivity contribution in [3.63, 3.8) is 0 Å². The lowest BCUT2D eigenvalue weighted by Crippen LogP contribution is -2.28. The molecular weight excluding hydrogens is 260 g/mol. The average Bonchev–Trinajstić information content (AvgIpc) is 2.60. The highest BCUT2D eigenvalue weighted by Gasteiger charge is 2.10. The van der Waals surface area contributed by atoms with Crippen LogP contribution in [0.2, 0.25) is 0 Å². The average molecular weight is 274 g/mol. The summed E-state index contributed by atoms with van der Waals surface area (Å²) in [6, 6.07) is 0. The molecule has 0 aromatic carbocycles. The predicted octanol–water partition coefficient (Wildman–Crippen LogP) is 0.657. The van der Waals surface area contributed by atoms with Gasteiger partial charge in [-0.2, -0.15) is 0 Å². The van der Waals surface area contributed by atoms with E-state index in [1.54, 1.807) is 0 Å². The number of carbonyl (C=O) groups is 2. The maximum absolute atomic E-state index is 11.2. The highest BCUT2D eigenvalue weighted by atomic mass is 32.2. The van der Waals surface area contributed by atoms with Crippen LogP contribution in [0.4, 0.5) is 0 Å². The van der Waals surface area contributed by atoms with Gasteiger partial charge in [0.2, 0.25) is 0 Å². The van der Waals surface area contributed by atoms with Crippen LogP contribution >= 0.6 is 11.8 Å². The fourth-order valence-corrected chi connectivity index (χ4v) is 2.12. The first-order chi connectivity index (χ1) is 8.50. The van der Waals surface area contributed by atoms with Gasteiger partial charge in [-0.1, -0.05) is 5.16 Å².